The largest absolute Gasteiger partial charge is 0.229 e. The van der Waals surface area contributed by atoms with Crippen LogP contribution in [-0.2, 0) is 0 Å². The normalized spacial score (nSPS) is 14.1. The van der Waals surface area contributed by atoms with Crippen LogP contribution in [-0.4, -0.2) is 4.98 Å². The SMILES string of the molecule is N#Cc1cccc(C#CC2CC2)n1. The fraction of sp³-hybridized carbons (Fsp3) is 0.273. The van der Waals surface area contributed by atoms with Gasteiger partial charge in [-0.1, -0.05) is 12.0 Å². The van der Waals surface area contributed by atoms with E-state index in [0.717, 1.165) is 0 Å². The molecule has 1 aromatic rings. The van der Waals surface area contributed by atoms with E-state index in [1.807, 2.05) is 18.2 Å². The molecule has 13 heavy (non-hydrogen) atoms. The molecule has 0 saturated heterocycles. The molecule has 1 fully saturated rings. The smallest absolute Gasteiger partial charge is 0.141 e. The number of nitriles is 1. The van der Waals surface area contributed by atoms with Gasteiger partial charge in [-0.15, -0.1) is 0 Å². The molecule has 2 heteroatoms. The average molecular weight is 168 g/mol. The highest BCUT2D eigenvalue weighted by atomic mass is 14.7. The summed E-state index contributed by atoms with van der Waals surface area (Å²) in [5, 5.41) is 8.59. The van der Waals surface area contributed by atoms with Crippen molar-refractivity contribution in [2.75, 3.05) is 0 Å². The molecule has 1 aliphatic rings. The van der Waals surface area contributed by atoms with Gasteiger partial charge in [0.1, 0.15) is 17.5 Å². The molecule has 0 radical (unpaired) electrons. The first-order valence-corrected chi connectivity index (χ1v) is 4.27. The van der Waals surface area contributed by atoms with Gasteiger partial charge >= 0.3 is 0 Å². The Hall–Kier alpha value is -1.80. The van der Waals surface area contributed by atoms with Gasteiger partial charge in [-0.05, 0) is 30.9 Å². The lowest BCUT2D eigenvalue weighted by atomic mass is 10.3. The molecule has 2 nitrogen and oxygen atoms in total. The predicted octanol–water partition coefficient (Wildman–Crippen LogP) is 1.71. The van der Waals surface area contributed by atoms with E-state index < -0.39 is 0 Å². The molecule has 0 spiro atoms. The van der Waals surface area contributed by atoms with Gasteiger partial charge in [-0.25, -0.2) is 4.98 Å². The molecule has 2 rings (SSSR count). The second-order valence-corrected chi connectivity index (χ2v) is 3.06. The summed E-state index contributed by atoms with van der Waals surface area (Å²) < 4.78 is 0. The monoisotopic (exact) mass is 168 g/mol. The Bertz CT molecular complexity index is 414. The summed E-state index contributed by atoms with van der Waals surface area (Å²) >= 11 is 0. The zero-order chi connectivity index (χ0) is 9.10. The van der Waals surface area contributed by atoms with Gasteiger partial charge in [0.05, 0.1) is 0 Å². The third kappa shape index (κ3) is 2.07. The summed E-state index contributed by atoms with van der Waals surface area (Å²) in [5.74, 6) is 6.65. The summed E-state index contributed by atoms with van der Waals surface area (Å²) in [4.78, 5) is 4.06. The molecule has 0 aliphatic heterocycles. The third-order valence-electron chi connectivity index (χ3n) is 1.85. The van der Waals surface area contributed by atoms with Crippen LogP contribution in [0.5, 0.6) is 0 Å². The lowest BCUT2D eigenvalue weighted by Crippen LogP contribution is -1.85. The van der Waals surface area contributed by atoms with Crippen molar-refractivity contribution in [2.45, 2.75) is 12.8 Å². The van der Waals surface area contributed by atoms with E-state index in [4.69, 9.17) is 5.26 Å². The highest BCUT2D eigenvalue weighted by Gasteiger charge is 2.17. The second kappa shape index (κ2) is 3.29. The first kappa shape index (κ1) is 7.83. The van der Waals surface area contributed by atoms with E-state index >= 15 is 0 Å². The van der Waals surface area contributed by atoms with Gasteiger partial charge in [0.25, 0.3) is 0 Å². The molecule has 1 heterocycles. The van der Waals surface area contributed by atoms with Crippen LogP contribution < -0.4 is 0 Å². The molecule has 0 amide bonds. The first-order chi connectivity index (χ1) is 6.38. The van der Waals surface area contributed by atoms with Gasteiger partial charge in [-0.3, -0.25) is 0 Å². The van der Waals surface area contributed by atoms with Crippen molar-refractivity contribution < 1.29 is 0 Å². The van der Waals surface area contributed by atoms with Gasteiger partial charge in [0.15, 0.2) is 0 Å². The van der Waals surface area contributed by atoms with Crippen LogP contribution in [0.3, 0.4) is 0 Å². The van der Waals surface area contributed by atoms with Crippen molar-refractivity contribution in [3.63, 3.8) is 0 Å². The number of rotatable bonds is 0. The van der Waals surface area contributed by atoms with Crippen molar-refractivity contribution in [2.24, 2.45) is 5.92 Å². The van der Waals surface area contributed by atoms with Crippen molar-refractivity contribution in [1.29, 1.82) is 5.26 Å². The zero-order valence-corrected chi connectivity index (χ0v) is 7.12. The molecule has 1 aromatic heterocycles. The molecule has 0 bridgehead atoms. The summed E-state index contributed by atoms with van der Waals surface area (Å²) in [6, 6.07) is 7.31. The van der Waals surface area contributed by atoms with E-state index in [2.05, 4.69) is 16.8 Å². The summed E-state index contributed by atoms with van der Waals surface area (Å²) in [5.41, 5.74) is 1.13. The fourth-order valence-corrected chi connectivity index (χ4v) is 0.970. The Balaban J connectivity index is 2.22. The molecule has 1 saturated carbocycles. The number of aromatic nitrogens is 1. The number of nitrogens with zero attached hydrogens (tertiary/aromatic N) is 2. The minimum atomic E-state index is 0.433. The van der Waals surface area contributed by atoms with E-state index in [0.29, 0.717) is 17.3 Å². The van der Waals surface area contributed by atoms with Crippen molar-refractivity contribution in [1.82, 2.24) is 4.98 Å². The van der Waals surface area contributed by atoms with Gasteiger partial charge in [-0.2, -0.15) is 5.26 Å². The predicted molar refractivity (Wildman–Crippen MR) is 48.6 cm³/mol. The minimum Gasteiger partial charge on any atom is -0.229 e. The highest BCUT2D eigenvalue weighted by molar-refractivity contribution is 5.33. The molecular weight excluding hydrogens is 160 g/mol. The van der Waals surface area contributed by atoms with Crippen molar-refractivity contribution in [3.8, 4) is 17.9 Å². The second-order valence-electron chi connectivity index (χ2n) is 3.06. The Morgan fingerprint density at radius 2 is 2.08 bits per heavy atom. The minimum absolute atomic E-state index is 0.433. The summed E-state index contributed by atoms with van der Waals surface area (Å²) in [6.45, 7) is 0. The van der Waals surface area contributed by atoms with E-state index in [-0.39, 0.29) is 0 Å². The van der Waals surface area contributed by atoms with Crippen molar-refractivity contribution in [3.05, 3.63) is 29.6 Å². The van der Waals surface area contributed by atoms with Crippen LogP contribution in [0.2, 0.25) is 0 Å². The number of hydrogen-bond donors (Lipinski definition) is 0. The molecule has 0 N–H and O–H groups in total. The fourth-order valence-electron chi connectivity index (χ4n) is 0.970. The Morgan fingerprint density at radius 1 is 1.31 bits per heavy atom. The highest BCUT2D eigenvalue weighted by Crippen LogP contribution is 2.27. The maximum absolute atomic E-state index is 8.59. The van der Waals surface area contributed by atoms with Crippen LogP contribution in [0.4, 0.5) is 0 Å². The maximum Gasteiger partial charge on any atom is 0.141 e. The van der Waals surface area contributed by atoms with E-state index in [9.17, 15) is 0 Å². The van der Waals surface area contributed by atoms with Gasteiger partial charge < -0.3 is 0 Å². The number of pyridine rings is 1. The zero-order valence-electron chi connectivity index (χ0n) is 7.12. The topological polar surface area (TPSA) is 36.7 Å². The molecule has 0 unspecified atom stereocenters. The summed E-state index contributed by atoms with van der Waals surface area (Å²) in [6.07, 6.45) is 2.43. The van der Waals surface area contributed by atoms with Crippen LogP contribution in [0.25, 0.3) is 0 Å². The third-order valence-corrected chi connectivity index (χ3v) is 1.85. The quantitative estimate of drug-likeness (QED) is 0.553. The molecule has 1 aliphatic carbocycles. The lowest BCUT2D eigenvalue weighted by molar-refractivity contribution is 1.17. The number of hydrogen-bond acceptors (Lipinski definition) is 2. The van der Waals surface area contributed by atoms with E-state index in [1.165, 1.54) is 12.8 Å². The lowest BCUT2D eigenvalue weighted by Gasteiger charge is -1.88. The van der Waals surface area contributed by atoms with Gasteiger partial charge in [0.2, 0.25) is 0 Å². The Morgan fingerprint density at radius 3 is 2.77 bits per heavy atom. The Kier molecular flexibility index (Phi) is 1.98. The summed E-state index contributed by atoms with van der Waals surface area (Å²) in [7, 11) is 0. The maximum atomic E-state index is 8.59. The van der Waals surface area contributed by atoms with Gasteiger partial charge in [0, 0.05) is 5.92 Å². The van der Waals surface area contributed by atoms with Crippen LogP contribution in [0, 0.1) is 29.1 Å². The average Bonchev–Trinajstić information content (AvgIpc) is 2.99. The molecule has 62 valence electrons. The Labute approximate surface area is 77.2 Å². The van der Waals surface area contributed by atoms with Crippen LogP contribution >= 0.6 is 0 Å². The van der Waals surface area contributed by atoms with Crippen molar-refractivity contribution >= 4 is 0 Å². The molecule has 0 aromatic carbocycles. The first-order valence-electron chi connectivity index (χ1n) is 4.27. The van der Waals surface area contributed by atoms with Crippen LogP contribution in [0.15, 0.2) is 18.2 Å². The molecule has 0 atom stereocenters. The van der Waals surface area contributed by atoms with E-state index in [1.54, 1.807) is 6.07 Å². The van der Waals surface area contributed by atoms with Crippen LogP contribution in [0.1, 0.15) is 24.2 Å². The molecular formula is C11H8N2. The standard InChI is InChI=1S/C11H8N2/c12-8-11-3-1-2-10(13-11)7-6-9-4-5-9/h1-3,9H,4-5H2.